The quantitative estimate of drug-likeness (QED) is 0.829. The maximum atomic E-state index is 12.7. The lowest BCUT2D eigenvalue weighted by Crippen LogP contribution is -2.51. The third-order valence-corrected chi connectivity index (χ3v) is 4.67. The first-order valence-corrected chi connectivity index (χ1v) is 8.38. The molecule has 0 spiro atoms. The molecule has 7 nitrogen and oxygen atoms in total. The number of amides is 1. The first kappa shape index (κ1) is 17.4. The second-order valence-electron chi connectivity index (χ2n) is 6.27. The predicted molar refractivity (Wildman–Crippen MR) is 84.7 cm³/mol. The summed E-state index contributed by atoms with van der Waals surface area (Å²) >= 11 is 0. The molecule has 1 amide bonds. The Hall–Kier alpha value is -1.92. The Morgan fingerprint density at radius 1 is 1.35 bits per heavy atom. The van der Waals surface area contributed by atoms with Crippen molar-refractivity contribution in [1.82, 2.24) is 19.7 Å². The molecular formula is C16H26N4O3. The number of nitrogens with zero attached hydrogens (tertiary/aromatic N) is 4. The highest BCUT2D eigenvalue weighted by Crippen LogP contribution is 2.23. The first-order valence-electron chi connectivity index (χ1n) is 8.38. The van der Waals surface area contributed by atoms with Gasteiger partial charge in [-0.25, -0.2) is 4.79 Å². The van der Waals surface area contributed by atoms with E-state index < -0.39 is 12.0 Å². The lowest BCUT2D eigenvalue weighted by atomic mass is 9.94. The van der Waals surface area contributed by atoms with Crippen LogP contribution in [0.5, 0.6) is 0 Å². The molecule has 1 aliphatic rings. The van der Waals surface area contributed by atoms with Crippen molar-refractivity contribution in [2.75, 3.05) is 0 Å². The van der Waals surface area contributed by atoms with Gasteiger partial charge >= 0.3 is 5.97 Å². The van der Waals surface area contributed by atoms with Crippen molar-refractivity contribution < 1.29 is 14.7 Å². The Morgan fingerprint density at radius 2 is 2.09 bits per heavy atom. The fourth-order valence-electron chi connectivity index (χ4n) is 3.09. The SMILES string of the molecule is CCCCC(CC)CC(=O)N1Cc2nnc(C)n2CC1C(=O)O. The predicted octanol–water partition coefficient (Wildman–Crippen LogP) is 1.99. The molecule has 2 rings (SSSR count). The van der Waals surface area contributed by atoms with Gasteiger partial charge in [-0.15, -0.1) is 10.2 Å². The van der Waals surface area contributed by atoms with Crippen LogP contribution in [-0.4, -0.2) is 42.7 Å². The number of carboxylic acid groups (broad SMARTS) is 1. The molecule has 0 fully saturated rings. The zero-order valence-electron chi connectivity index (χ0n) is 14.2. The summed E-state index contributed by atoms with van der Waals surface area (Å²) in [7, 11) is 0. The van der Waals surface area contributed by atoms with Crippen LogP contribution in [0.2, 0.25) is 0 Å². The molecule has 1 aliphatic heterocycles. The largest absolute Gasteiger partial charge is 0.480 e. The average Bonchev–Trinajstić information content (AvgIpc) is 2.90. The first-order chi connectivity index (χ1) is 11.0. The molecule has 0 aromatic carbocycles. The smallest absolute Gasteiger partial charge is 0.328 e. The normalized spacial score (nSPS) is 18.6. The monoisotopic (exact) mass is 322 g/mol. The third-order valence-electron chi connectivity index (χ3n) is 4.67. The zero-order valence-corrected chi connectivity index (χ0v) is 14.2. The van der Waals surface area contributed by atoms with Gasteiger partial charge in [0.05, 0.1) is 13.1 Å². The maximum absolute atomic E-state index is 12.7. The third kappa shape index (κ3) is 3.89. The number of hydrogen-bond acceptors (Lipinski definition) is 4. The Balaban J connectivity index is 2.12. The van der Waals surface area contributed by atoms with E-state index in [-0.39, 0.29) is 19.0 Å². The van der Waals surface area contributed by atoms with Crippen LogP contribution in [0.4, 0.5) is 0 Å². The van der Waals surface area contributed by atoms with Crippen LogP contribution in [0.25, 0.3) is 0 Å². The summed E-state index contributed by atoms with van der Waals surface area (Å²) in [5.74, 6) is 0.604. The molecule has 2 heterocycles. The average molecular weight is 322 g/mol. The van der Waals surface area contributed by atoms with E-state index in [1.165, 1.54) is 4.90 Å². The van der Waals surface area contributed by atoms with E-state index in [1.54, 1.807) is 11.5 Å². The van der Waals surface area contributed by atoms with Crippen LogP contribution in [0.15, 0.2) is 0 Å². The molecule has 2 atom stereocenters. The van der Waals surface area contributed by atoms with Gasteiger partial charge in [0.2, 0.25) is 5.91 Å². The minimum Gasteiger partial charge on any atom is -0.480 e. The van der Waals surface area contributed by atoms with Crippen molar-refractivity contribution in [3.8, 4) is 0 Å². The van der Waals surface area contributed by atoms with Gasteiger partial charge in [-0.3, -0.25) is 4.79 Å². The Labute approximate surface area is 136 Å². The topological polar surface area (TPSA) is 88.3 Å². The van der Waals surface area contributed by atoms with Crippen molar-refractivity contribution in [3.05, 3.63) is 11.6 Å². The zero-order chi connectivity index (χ0) is 17.0. The number of carboxylic acids is 1. The van der Waals surface area contributed by atoms with E-state index in [4.69, 9.17) is 0 Å². The number of rotatable bonds is 7. The number of carbonyl (C=O) groups excluding carboxylic acids is 1. The molecule has 2 unspecified atom stereocenters. The molecule has 0 saturated carbocycles. The Kier molecular flexibility index (Phi) is 5.74. The van der Waals surface area contributed by atoms with E-state index in [2.05, 4.69) is 24.0 Å². The van der Waals surface area contributed by atoms with Crippen LogP contribution in [0.3, 0.4) is 0 Å². The molecule has 1 aromatic rings. The summed E-state index contributed by atoms with van der Waals surface area (Å²) in [6.45, 7) is 6.46. The number of aromatic nitrogens is 3. The number of hydrogen-bond donors (Lipinski definition) is 1. The summed E-state index contributed by atoms with van der Waals surface area (Å²) in [6.07, 6.45) is 4.57. The number of aryl methyl sites for hydroxylation is 1. The number of carbonyl (C=O) groups is 2. The Bertz CT molecular complexity index is 570. The van der Waals surface area contributed by atoms with E-state index in [0.29, 0.717) is 24.0 Å². The summed E-state index contributed by atoms with van der Waals surface area (Å²) in [4.78, 5) is 25.7. The summed E-state index contributed by atoms with van der Waals surface area (Å²) < 4.78 is 1.79. The molecule has 128 valence electrons. The van der Waals surface area contributed by atoms with Crippen LogP contribution in [0.1, 0.15) is 57.6 Å². The lowest BCUT2D eigenvalue weighted by Gasteiger charge is -2.34. The van der Waals surface area contributed by atoms with Crippen LogP contribution >= 0.6 is 0 Å². The molecule has 0 radical (unpaired) electrons. The van der Waals surface area contributed by atoms with Crippen molar-refractivity contribution in [1.29, 1.82) is 0 Å². The van der Waals surface area contributed by atoms with Crippen LogP contribution < -0.4 is 0 Å². The van der Waals surface area contributed by atoms with Crippen molar-refractivity contribution in [2.24, 2.45) is 5.92 Å². The van der Waals surface area contributed by atoms with Gasteiger partial charge in [0.1, 0.15) is 11.9 Å². The highest BCUT2D eigenvalue weighted by molar-refractivity contribution is 5.84. The maximum Gasteiger partial charge on any atom is 0.328 e. The van der Waals surface area contributed by atoms with Crippen molar-refractivity contribution >= 4 is 11.9 Å². The summed E-state index contributed by atoms with van der Waals surface area (Å²) in [6, 6.07) is -0.839. The van der Waals surface area contributed by atoms with Gasteiger partial charge < -0.3 is 14.6 Å². The number of fused-ring (bicyclic) bond motifs is 1. The summed E-state index contributed by atoms with van der Waals surface area (Å²) in [5.41, 5.74) is 0. The highest BCUT2D eigenvalue weighted by Gasteiger charge is 2.36. The molecule has 0 saturated heterocycles. The second-order valence-corrected chi connectivity index (χ2v) is 6.27. The van der Waals surface area contributed by atoms with Crippen molar-refractivity contribution in [3.63, 3.8) is 0 Å². The van der Waals surface area contributed by atoms with Gasteiger partial charge in [-0.05, 0) is 19.3 Å². The summed E-state index contributed by atoms with van der Waals surface area (Å²) in [5, 5.41) is 17.5. The fourth-order valence-corrected chi connectivity index (χ4v) is 3.09. The molecule has 7 heteroatoms. The minimum atomic E-state index is -0.973. The molecule has 0 bridgehead atoms. The van der Waals surface area contributed by atoms with E-state index in [1.807, 2.05) is 0 Å². The van der Waals surface area contributed by atoms with Gasteiger partial charge in [-0.2, -0.15) is 0 Å². The molecule has 23 heavy (non-hydrogen) atoms. The molecule has 1 N–H and O–H groups in total. The molecular weight excluding hydrogens is 296 g/mol. The highest BCUT2D eigenvalue weighted by atomic mass is 16.4. The van der Waals surface area contributed by atoms with E-state index >= 15 is 0 Å². The van der Waals surface area contributed by atoms with Crippen molar-refractivity contribution in [2.45, 2.75) is 72.0 Å². The number of unbranched alkanes of at least 4 members (excludes halogenated alkanes) is 1. The van der Waals surface area contributed by atoms with Crippen LogP contribution in [-0.2, 0) is 22.7 Å². The van der Waals surface area contributed by atoms with Gasteiger partial charge in [0, 0.05) is 6.42 Å². The van der Waals surface area contributed by atoms with Gasteiger partial charge in [-0.1, -0.05) is 33.1 Å². The van der Waals surface area contributed by atoms with Gasteiger partial charge in [0.25, 0.3) is 0 Å². The molecule has 1 aromatic heterocycles. The fraction of sp³-hybridized carbons (Fsp3) is 0.750. The second kappa shape index (κ2) is 7.57. The Morgan fingerprint density at radius 3 is 2.70 bits per heavy atom. The van der Waals surface area contributed by atoms with Gasteiger partial charge in [0.15, 0.2) is 5.82 Å². The van der Waals surface area contributed by atoms with E-state index in [0.717, 1.165) is 25.7 Å². The standard InChI is InChI=1S/C16H26N4O3/c1-4-6-7-12(5-2)8-15(21)20-10-14-18-17-11(3)19(14)9-13(20)16(22)23/h12-13H,4-10H2,1-3H3,(H,22,23). The number of aliphatic carboxylic acids is 1. The minimum absolute atomic E-state index is 0.0905. The lowest BCUT2D eigenvalue weighted by molar-refractivity contribution is -0.153. The van der Waals surface area contributed by atoms with Crippen LogP contribution in [0, 0.1) is 12.8 Å². The van der Waals surface area contributed by atoms with E-state index in [9.17, 15) is 14.7 Å². The molecule has 0 aliphatic carbocycles.